The van der Waals surface area contributed by atoms with Crippen molar-refractivity contribution in [2.75, 3.05) is 13.6 Å². The van der Waals surface area contributed by atoms with E-state index >= 15 is 0 Å². The fourth-order valence-electron chi connectivity index (χ4n) is 1.43. The van der Waals surface area contributed by atoms with Gasteiger partial charge in [-0.3, -0.25) is 4.99 Å². The quantitative estimate of drug-likeness (QED) is 0.345. The maximum absolute atomic E-state index is 4.15. The Labute approximate surface area is 126 Å². The highest BCUT2D eigenvalue weighted by molar-refractivity contribution is 14.0. The van der Waals surface area contributed by atoms with E-state index in [1.54, 1.807) is 13.4 Å². The van der Waals surface area contributed by atoms with Gasteiger partial charge >= 0.3 is 0 Å². The van der Waals surface area contributed by atoms with Crippen LogP contribution in [0.15, 0.2) is 11.3 Å². The molecule has 0 saturated carbocycles. The van der Waals surface area contributed by atoms with E-state index in [-0.39, 0.29) is 24.0 Å². The van der Waals surface area contributed by atoms with Gasteiger partial charge in [0.15, 0.2) is 11.8 Å². The number of aromatic nitrogens is 3. The number of aryl methyl sites for hydroxylation is 1. The van der Waals surface area contributed by atoms with Crippen LogP contribution in [-0.4, -0.2) is 34.3 Å². The molecule has 7 heteroatoms. The zero-order chi connectivity index (χ0) is 12.5. The molecular formula is C11H23IN6. The molecular weight excluding hydrogens is 343 g/mol. The summed E-state index contributed by atoms with van der Waals surface area (Å²) in [7, 11) is 3.69. The smallest absolute Gasteiger partial charge is 0.191 e. The van der Waals surface area contributed by atoms with Crippen molar-refractivity contribution in [1.29, 1.82) is 0 Å². The van der Waals surface area contributed by atoms with E-state index in [0.29, 0.717) is 6.54 Å². The zero-order valence-electron chi connectivity index (χ0n) is 11.3. The first kappa shape index (κ1) is 17.1. The highest BCUT2D eigenvalue weighted by atomic mass is 127. The van der Waals surface area contributed by atoms with Gasteiger partial charge in [0.2, 0.25) is 0 Å². The van der Waals surface area contributed by atoms with E-state index in [0.717, 1.165) is 18.3 Å². The molecule has 104 valence electrons. The van der Waals surface area contributed by atoms with Crippen LogP contribution in [0.4, 0.5) is 0 Å². The first-order valence-electron chi connectivity index (χ1n) is 6.05. The number of rotatable bonds is 6. The molecule has 0 aliphatic carbocycles. The third kappa shape index (κ3) is 6.18. The lowest BCUT2D eigenvalue weighted by Gasteiger charge is -2.11. The molecule has 1 rings (SSSR count). The van der Waals surface area contributed by atoms with Gasteiger partial charge in [0, 0.05) is 20.6 Å². The normalized spacial score (nSPS) is 10.9. The maximum Gasteiger partial charge on any atom is 0.191 e. The van der Waals surface area contributed by atoms with Gasteiger partial charge in [-0.15, -0.1) is 34.2 Å². The van der Waals surface area contributed by atoms with Crippen molar-refractivity contribution in [2.24, 2.45) is 12.0 Å². The maximum atomic E-state index is 4.15. The lowest BCUT2D eigenvalue weighted by molar-refractivity contribution is 0.674. The van der Waals surface area contributed by atoms with Gasteiger partial charge in [-0.25, -0.2) is 0 Å². The number of aliphatic imine (C=N–C) groups is 1. The molecule has 1 heterocycles. The number of nitrogens with zero attached hydrogens (tertiary/aromatic N) is 4. The summed E-state index contributed by atoms with van der Waals surface area (Å²) in [4.78, 5) is 4.15. The van der Waals surface area contributed by atoms with Crippen LogP contribution < -0.4 is 10.6 Å². The molecule has 6 nitrogen and oxygen atoms in total. The molecule has 1 aromatic heterocycles. The minimum atomic E-state index is 0. The Morgan fingerprint density at radius 1 is 1.39 bits per heavy atom. The van der Waals surface area contributed by atoms with Crippen LogP contribution in [0, 0.1) is 0 Å². The fourth-order valence-corrected chi connectivity index (χ4v) is 1.43. The lowest BCUT2D eigenvalue weighted by Crippen LogP contribution is -2.37. The van der Waals surface area contributed by atoms with Gasteiger partial charge < -0.3 is 15.2 Å². The molecule has 0 radical (unpaired) electrons. The van der Waals surface area contributed by atoms with Crippen molar-refractivity contribution in [2.45, 2.75) is 32.7 Å². The van der Waals surface area contributed by atoms with Crippen molar-refractivity contribution < 1.29 is 0 Å². The van der Waals surface area contributed by atoms with E-state index in [2.05, 4.69) is 32.7 Å². The Morgan fingerprint density at radius 3 is 2.72 bits per heavy atom. The van der Waals surface area contributed by atoms with Crippen LogP contribution >= 0.6 is 24.0 Å². The van der Waals surface area contributed by atoms with Crippen molar-refractivity contribution >= 4 is 29.9 Å². The van der Waals surface area contributed by atoms with E-state index in [1.165, 1.54) is 19.3 Å². The average Bonchev–Trinajstić information content (AvgIpc) is 2.74. The summed E-state index contributed by atoms with van der Waals surface area (Å²) in [5.74, 6) is 1.70. The second kappa shape index (κ2) is 10.1. The molecule has 0 aromatic carbocycles. The van der Waals surface area contributed by atoms with E-state index in [9.17, 15) is 0 Å². The molecule has 0 bridgehead atoms. The predicted molar refractivity (Wildman–Crippen MR) is 84.1 cm³/mol. The van der Waals surface area contributed by atoms with Gasteiger partial charge in [0.05, 0.1) is 6.54 Å². The summed E-state index contributed by atoms with van der Waals surface area (Å²) in [5.41, 5.74) is 0. The zero-order valence-corrected chi connectivity index (χ0v) is 13.6. The predicted octanol–water partition coefficient (Wildman–Crippen LogP) is 1.29. The molecule has 0 spiro atoms. The molecule has 0 saturated heterocycles. The minimum absolute atomic E-state index is 0. The molecule has 18 heavy (non-hydrogen) atoms. The minimum Gasteiger partial charge on any atom is -0.356 e. The molecule has 0 atom stereocenters. The van der Waals surface area contributed by atoms with Crippen LogP contribution in [0.1, 0.15) is 32.0 Å². The first-order chi connectivity index (χ1) is 8.27. The molecule has 0 unspecified atom stereocenters. The Hall–Kier alpha value is -0.860. The van der Waals surface area contributed by atoms with Gasteiger partial charge in [0.25, 0.3) is 0 Å². The lowest BCUT2D eigenvalue weighted by atomic mass is 10.2. The number of hydrogen-bond donors (Lipinski definition) is 2. The Balaban J connectivity index is 0.00000289. The van der Waals surface area contributed by atoms with Crippen LogP contribution in [0.5, 0.6) is 0 Å². The number of nitrogens with one attached hydrogen (secondary N) is 2. The average molecular weight is 366 g/mol. The van der Waals surface area contributed by atoms with Gasteiger partial charge in [-0.05, 0) is 6.42 Å². The van der Waals surface area contributed by atoms with Crippen molar-refractivity contribution in [3.05, 3.63) is 12.2 Å². The topological polar surface area (TPSA) is 67.1 Å². The Morgan fingerprint density at radius 2 is 2.17 bits per heavy atom. The molecule has 0 aliphatic heterocycles. The Kier molecular flexibility index (Phi) is 9.62. The summed E-state index contributed by atoms with van der Waals surface area (Å²) < 4.78 is 1.89. The summed E-state index contributed by atoms with van der Waals surface area (Å²) in [5, 5.41) is 14.3. The van der Waals surface area contributed by atoms with Crippen molar-refractivity contribution in [3.8, 4) is 0 Å². The van der Waals surface area contributed by atoms with Crippen LogP contribution in [0.3, 0.4) is 0 Å². The SMILES string of the molecule is CCCCCNC(=NC)NCc1nncn1C.I. The van der Waals surface area contributed by atoms with Crippen LogP contribution in [-0.2, 0) is 13.6 Å². The second-order valence-corrected chi connectivity index (χ2v) is 3.92. The summed E-state index contributed by atoms with van der Waals surface area (Å²) in [6, 6.07) is 0. The van der Waals surface area contributed by atoms with E-state index in [1.807, 2.05) is 11.6 Å². The molecule has 0 aliphatic rings. The highest BCUT2D eigenvalue weighted by Gasteiger charge is 2.01. The molecule has 0 fully saturated rings. The molecule has 2 N–H and O–H groups in total. The highest BCUT2D eigenvalue weighted by Crippen LogP contribution is 1.92. The van der Waals surface area contributed by atoms with Crippen molar-refractivity contribution in [3.63, 3.8) is 0 Å². The number of hydrogen-bond acceptors (Lipinski definition) is 3. The van der Waals surface area contributed by atoms with Gasteiger partial charge in [0.1, 0.15) is 6.33 Å². The third-order valence-corrected chi connectivity index (χ3v) is 2.52. The standard InChI is InChI=1S/C11H22N6.HI/c1-4-5-6-7-13-11(12-2)14-8-10-16-15-9-17(10)3;/h9H,4-8H2,1-3H3,(H2,12,13,14);1H. The summed E-state index contributed by atoms with van der Waals surface area (Å²) >= 11 is 0. The van der Waals surface area contributed by atoms with Crippen LogP contribution in [0.2, 0.25) is 0 Å². The Bertz CT molecular complexity index is 349. The summed E-state index contributed by atoms with van der Waals surface area (Å²) in [6.45, 7) is 3.78. The summed E-state index contributed by atoms with van der Waals surface area (Å²) in [6.07, 6.45) is 5.33. The number of guanidine groups is 1. The fraction of sp³-hybridized carbons (Fsp3) is 0.727. The number of unbranched alkanes of at least 4 members (excludes halogenated alkanes) is 2. The monoisotopic (exact) mass is 366 g/mol. The number of halogens is 1. The largest absolute Gasteiger partial charge is 0.356 e. The van der Waals surface area contributed by atoms with Crippen molar-refractivity contribution in [1.82, 2.24) is 25.4 Å². The molecule has 1 aromatic rings. The third-order valence-electron chi connectivity index (χ3n) is 2.52. The van der Waals surface area contributed by atoms with Gasteiger partial charge in [-0.1, -0.05) is 19.8 Å². The second-order valence-electron chi connectivity index (χ2n) is 3.92. The molecule has 0 amide bonds. The first-order valence-corrected chi connectivity index (χ1v) is 6.05. The van der Waals surface area contributed by atoms with Gasteiger partial charge in [-0.2, -0.15) is 0 Å². The van der Waals surface area contributed by atoms with E-state index < -0.39 is 0 Å². The van der Waals surface area contributed by atoms with Crippen LogP contribution in [0.25, 0.3) is 0 Å². The van der Waals surface area contributed by atoms with E-state index in [4.69, 9.17) is 0 Å².